The minimum absolute atomic E-state index is 0.0274. The molecule has 2 aliphatic rings. The molecule has 6 nitrogen and oxygen atoms in total. The van der Waals surface area contributed by atoms with E-state index in [-0.39, 0.29) is 23.9 Å². The molecule has 7 heteroatoms. The third-order valence-electron chi connectivity index (χ3n) is 5.83. The lowest BCUT2D eigenvalue weighted by atomic mass is 10.0. The average Bonchev–Trinajstić information content (AvgIpc) is 3.51. The zero-order valence-corrected chi connectivity index (χ0v) is 17.3. The summed E-state index contributed by atoms with van der Waals surface area (Å²) < 4.78 is 8.07. The largest absolute Gasteiger partial charge is 0.508 e. The number of pyridine rings is 1. The van der Waals surface area contributed by atoms with Crippen molar-refractivity contribution in [1.29, 1.82) is 0 Å². The zero-order chi connectivity index (χ0) is 20.5. The van der Waals surface area contributed by atoms with Crippen molar-refractivity contribution in [2.24, 2.45) is 0 Å². The van der Waals surface area contributed by atoms with Crippen LogP contribution in [0.4, 0.5) is 0 Å². The Hall–Kier alpha value is -2.90. The highest BCUT2D eigenvalue weighted by Crippen LogP contribution is 2.40. The van der Waals surface area contributed by atoms with E-state index in [1.165, 1.54) is 0 Å². The highest BCUT2D eigenvalue weighted by molar-refractivity contribution is 7.80. The molecule has 30 heavy (non-hydrogen) atoms. The molecule has 0 bridgehead atoms. The Labute approximate surface area is 181 Å². The van der Waals surface area contributed by atoms with E-state index in [9.17, 15) is 5.11 Å². The van der Waals surface area contributed by atoms with Crippen molar-refractivity contribution < 1.29 is 9.84 Å². The van der Waals surface area contributed by atoms with Crippen LogP contribution in [0, 0.1) is 0 Å². The van der Waals surface area contributed by atoms with Gasteiger partial charge in [0.15, 0.2) is 5.11 Å². The maximum Gasteiger partial charge on any atom is 0.170 e. The second kappa shape index (κ2) is 8.08. The number of benzene rings is 1. The Balaban J connectivity index is 1.56. The molecule has 0 radical (unpaired) electrons. The molecule has 3 atom stereocenters. The second-order valence-electron chi connectivity index (χ2n) is 7.73. The van der Waals surface area contributed by atoms with Gasteiger partial charge in [0.2, 0.25) is 0 Å². The van der Waals surface area contributed by atoms with E-state index >= 15 is 0 Å². The van der Waals surface area contributed by atoms with Gasteiger partial charge in [-0.3, -0.25) is 4.98 Å². The van der Waals surface area contributed by atoms with E-state index in [2.05, 4.69) is 25.8 Å². The molecule has 2 N–H and O–H groups in total. The number of nitrogens with one attached hydrogen (secondary N) is 1. The number of aromatic nitrogens is 2. The monoisotopic (exact) mass is 420 g/mol. The quantitative estimate of drug-likeness (QED) is 0.614. The minimum atomic E-state index is -0.0640. The molecule has 2 aliphatic heterocycles. The molecule has 4 heterocycles. The molecule has 2 saturated heterocycles. The van der Waals surface area contributed by atoms with Gasteiger partial charge in [-0.05, 0) is 73.6 Å². The van der Waals surface area contributed by atoms with Crippen LogP contribution in [-0.4, -0.2) is 43.9 Å². The van der Waals surface area contributed by atoms with Gasteiger partial charge in [0.05, 0.1) is 23.9 Å². The summed E-state index contributed by atoms with van der Waals surface area (Å²) in [6.07, 6.45) is 6.20. The van der Waals surface area contributed by atoms with Gasteiger partial charge in [-0.15, -0.1) is 0 Å². The summed E-state index contributed by atoms with van der Waals surface area (Å²) in [4.78, 5) is 6.86. The zero-order valence-electron chi connectivity index (χ0n) is 16.5. The third-order valence-corrected chi connectivity index (χ3v) is 6.19. The van der Waals surface area contributed by atoms with E-state index in [1.54, 1.807) is 12.1 Å². The SMILES string of the molecule is Oc1ccc(-n2cccc2[C@H]2[C@H](c3ccccn3)NC(=S)N2C[C@@H]2CCCO2)cc1. The van der Waals surface area contributed by atoms with E-state index in [1.807, 2.05) is 48.8 Å². The molecule has 0 aliphatic carbocycles. The molecular weight excluding hydrogens is 396 g/mol. The molecule has 0 saturated carbocycles. The van der Waals surface area contributed by atoms with Crippen molar-refractivity contribution in [1.82, 2.24) is 19.8 Å². The van der Waals surface area contributed by atoms with Gasteiger partial charge >= 0.3 is 0 Å². The first kappa shape index (κ1) is 19.1. The van der Waals surface area contributed by atoms with Gasteiger partial charge in [0, 0.05) is 36.9 Å². The highest BCUT2D eigenvalue weighted by atomic mass is 32.1. The third kappa shape index (κ3) is 3.55. The normalized spacial score (nSPS) is 23.7. The lowest BCUT2D eigenvalue weighted by Gasteiger charge is -2.30. The standard InChI is InChI=1S/C23H24N4O2S/c28-17-10-8-16(9-11-17)26-13-3-7-20(26)22-21(19-6-1-2-12-24-19)25-23(30)27(22)15-18-5-4-14-29-18/h1-3,6-13,18,21-22,28H,4-5,14-15H2,(H,25,30)/t18-,21-,22-/m0/s1. The average molecular weight is 421 g/mol. The maximum atomic E-state index is 9.70. The lowest BCUT2D eigenvalue weighted by molar-refractivity contribution is 0.0836. The van der Waals surface area contributed by atoms with Crippen LogP contribution in [0.15, 0.2) is 67.0 Å². The van der Waals surface area contributed by atoms with Crippen molar-refractivity contribution in [3.8, 4) is 11.4 Å². The molecule has 154 valence electrons. The fraction of sp³-hybridized carbons (Fsp3) is 0.304. The highest BCUT2D eigenvalue weighted by Gasteiger charge is 2.42. The second-order valence-corrected chi connectivity index (χ2v) is 8.12. The van der Waals surface area contributed by atoms with Crippen LogP contribution in [0.3, 0.4) is 0 Å². The molecule has 3 aromatic rings. The van der Waals surface area contributed by atoms with Crippen LogP contribution < -0.4 is 5.32 Å². The van der Waals surface area contributed by atoms with Gasteiger partial charge in [0.25, 0.3) is 0 Å². The van der Waals surface area contributed by atoms with Crippen LogP contribution in [0.1, 0.15) is 36.3 Å². The summed E-state index contributed by atoms with van der Waals surface area (Å²) in [6, 6.07) is 17.3. The topological polar surface area (TPSA) is 62.5 Å². The van der Waals surface area contributed by atoms with E-state index in [0.717, 1.165) is 48.2 Å². The van der Waals surface area contributed by atoms with Crippen molar-refractivity contribution in [2.75, 3.05) is 13.2 Å². The number of phenols is 1. The van der Waals surface area contributed by atoms with Crippen molar-refractivity contribution in [3.63, 3.8) is 0 Å². The van der Waals surface area contributed by atoms with Gasteiger partial charge < -0.3 is 24.6 Å². The number of rotatable bonds is 5. The number of hydrogen-bond donors (Lipinski definition) is 2. The Bertz CT molecular complexity index is 1020. The van der Waals surface area contributed by atoms with Gasteiger partial charge in [-0.1, -0.05) is 6.07 Å². The molecule has 0 unspecified atom stereocenters. The molecule has 5 rings (SSSR count). The molecule has 1 aromatic carbocycles. The molecule has 0 spiro atoms. The Morgan fingerprint density at radius 2 is 2.00 bits per heavy atom. The first-order chi connectivity index (χ1) is 14.7. The van der Waals surface area contributed by atoms with Crippen LogP contribution in [0.5, 0.6) is 5.75 Å². The Morgan fingerprint density at radius 3 is 2.73 bits per heavy atom. The number of thiocarbonyl (C=S) groups is 1. The van der Waals surface area contributed by atoms with Crippen molar-refractivity contribution in [2.45, 2.75) is 31.0 Å². The van der Waals surface area contributed by atoms with Crippen LogP contribution in [-0.2, 0) is 4.74 Å². The summed E-state index contributed by atoms with van der Waals surface area (Å²) in [5.41, 5.74) is 3.06. The van der Waals surface area contributed by atoms with Gasteiger partial charge in [-0.25, -0.2) is 0 Å². The Kier molecular flexibility index (Phi) is 5.14. The number of ether oxygens (including phenoxy) is 1. The van der Waals surface area contributed by atoms with E-state index < -0.39 is 0 Å². The molecule has 0 amide bonds. The minimum Gasteiger partial charge on any atom is -0.508 e. The molecular formula is C23H24N4O2S. The Morgan fingerprint density at radius 1 is 1.13 bits per heavy atom. The summed E-state index contributed by atoms with van der Waals surface area (Å²) in [5, 5.41) is 13.9. The number of nitrogens with zero attached hydrogens (tertiary/aromatic N) is 3. The van der Waals surface area contributed by atoms with E-state index in [0.29, 0.717) is 0 Å². The fourth-order valence-electron chi connectivity index (χ4n) is 4.41. The summed E-state index contributed by atoms with van der Waals surface area (Å²) in [7, 11) is 0. The summed E-state index contributed by atoms with van der Waals surface area (Å²) in [6.45, 7) is 1.57. The molecule has 2 aromatic heterocycles. The van der Waals surface area contributed by atoms with Crippen LogP contribution in [0.2, 0.25) is 0 Å². The fourth-order valence-corrected chi connectivity index (χ4v) is 4.73. The van der Waals surface area contributed by atoms with Crippen molar-refractivity contribution >= 4 is 17.3 Å². The van der Waals surface area contributed by atoms with Gasteiger partial charge in [-0.2, -0.15) is 0 Å². The summed E-state index contributed by atoms with van der Waals surface area (Å²) >= 11 is 5.77. The maximum absolute atomic E-state index is 9.70. The van der Waals surface area contributed by atoms with E-state index in [4.69, 9.17) is 17.0 Å². The number of aromatic hydroxyl groups is 1. The van der Waals surface area contributed by atoms with Crippen molar-refractivity contribution in [3.05, 3.63) is 78.4 Å². The van der Waals surface area contributed by atoms with Crippen LogP contribution in [0.25, 0.3) is 5.69 Å². The van der Waals surface area contributed by atoms with Crippen LogP contribution >= 0.6 is 12.2 Å². The first-order valence-corrected chi connectivity index (χ1v) is 10.7. The number of hydrogen-bond acceptors (Lipinski definition) is 4. The predicted octanol–water partition coefficient (Wildman–Crippen LogP) is 3.73. The number of phenolic OH excluding ortho intramolecular Hbond substituents is 1. The molecule has 2 fully saturated rings. The smallest absolute Gasteiger partial charge is 0.170 e. The first-order valence-electron chi connectivity index (χ1n) is 10.3. The predicted molar refractivity (Wildman–Crippen MR) is 119 cm³/mol. The summed E-state index contributed by atoms with van der Waals surface area (Å²) in [5.74, 6) is 0.252. The lowest BCUT2D eigenvalue weighted by Crippen LogP contribution is -2.36. The van der Waals surface area contributed by atoms with Gasteiger partial charge in [0.1, 0.15) is 5.75 Å².